The number of carbonyl (C=O) groups is 2. The highest BCUT2D eigenvalue weighted by molar-refractivity contribution is 5.99. The number of primary amides is 1. The first-order valence-electron chi connectivity index (χ1n) is 11.8. The van der Waals surface area contributed by atoms with Gasteiger partial charge in [0.1, 0.15) is 11.3 Å². The van der Waals surface area contributed by atoms with E-state index in [2.05, 4.69) is 9.97 Å². The maximum atomic E-state index is 14.3. The summed E-state index contributed by atoms with van der Waals surface area (Å²) < 4.78 is 39.2. The van der Waals surface area contributed by atoms with Gasteiger partial charge >= 0.3 is 5.97 Å². The molecule has 0 fully saturated rings. The van der Waals surface area contributed by atoms with Crippen LogP contribution < -0.4 is 15.9 Å². The summed E-state index contributed by atoms with van der Waals surface area (Å²) in [7, 11) is 0. The summed E-state index contributed by atoms with van der Waals surface area (Å²) in [5, 5.41) is 0.653. The van der Waals surface area contributed by atoms with Crippen LogP contribution in [0, 0.1) is 25.5 Å². The van der Waals surface area contributed by atoms with Crippen molar-refractivity contribution in [2.24, 2.45) is 5.73 Å². The molecule has 3 N–H and O–H groups in total. The Morgan fingerprint density at radius 2 is 1.84 bits per heavy atom. The van der Waals surface area contributed by atoms with Gasteiger partial charge in [-0.25, -0.2) is 18.6 Å². The van der Waals surface area contributed by atoms with E-state index in [1.165, 1.54) is 19.9 Å². The molecule has 2 aromatic carbocycles. The number of rotatable bonds is 7. The Morgan fingerprint density at radius 3 is 2.53 bits per heavy atom. The van der Waals surface area contributed by atoms with E-state index in [0.29, 0.717) is 16.6 Å². The standard InChI is InChI=1S/C28H25F2N3O5/c1-5-37-28(36)22-24(32-15(4)21(25(22)34)14(3)26(31)35)17-12-16-8-6-7-9-19(16)33-27(17)38-20-11-10-18(29)23(30)13(20)2/h6-12,14H,5H2,1-4H3,(H2,31,35)(H,32,34)/t14-/m1/s1. The first-order chi connectivity index (χ1) is 18.0. The lowest BCUT2D eigenvalue weighted by molar-refractivity contribution is -0.119. The van der Waals surface area contributed by atoms with E-state index in [-0.39, 0.29) is 46.2 Å². The van der Waals surface area contributed by atoms with Gasteiger partial charge in [-0.3, -0.25) is 9.59 Å². The van der Waals surface area contributed by atoms with E-state index >= 15 is 0 Å². The summed E-state index contributed by atoms with van der Waals surface area (Å²) >= 11 is 0. The van der Waals surface area contributed by atoms with Gasteiger partial charge in [0.25, 0.3) is 0 Å². The number of hydrogen-bond donors (Lipinski definition) is 2. The van der Waals surface area contributed by atoms with Crippen LogP contribution in [0.15, 0.2) is 47.3 Å². The zero-order valence-corrected chi connectivity index (χ0v) is 21.1. The number of nitrogens with zero attached hydrogens (tertiary/aromatic N) is 1. The lowest BCUT2D eigenvalue weighted by Gasteiger charge is -2.19. The number of H-pyrrole nitrogens is 1. The van der Waals surface area contributed by atoms with Crippen molar-refractivity contribution in [3.8, 4) is 22.9 Å². The molecule has 10 heteroatoms. The molecule has 4 rings (SSSR count). The zero-order valence-electron chi connectivity index (χ0n) is 21.1. The number of fused-ring (bicyclic) bond motifs is 1. The average molecular weight is 522 g/mol. The summed E-state index contributed by atoms with van der Waals surface area (Å²) in [5.41, 5.74) is 5.32. The molecule has 196 valence electrons. The van der Waals surface area contributed by atoms with Crippen LogP contribution in [0.2, 0.25) is 0 Å². The van der Waals surface area contributed by atoms with Gasteiger partial charge in [-0.1, -0.05) is 18.2 Å². The van der Waals surface area contributed by atoms with E-state index < -0.39 is 34.9 Å². The summed E-state index contributed by atoms with van der Waals surface area (Å²) in [4.78, 5) is 46.2. The molecule has 0 aliphatic heterocycles. The first kappa shape index (κ1) is 26.5. The fraction of sp³-hybridized carbons (Fsp3) is 0.214. The molecule has 0 spiro atoms. The van der Waals surface area contributed by atoms with Gasteiger partial charge in [0.15, 0.2) is 11.6 Å². The van der Waals surface area contributed by atoms with E-state index in [1.807, 2.05) is 0 Å². The lowest BCUT2D eigenvalue weighted by Crippen LogP contribution is -2.30. The Labute approximate surface area is 216 Å². The Kier molecular flexibility index (Phi) is 7.25. The number of carbonyl (C=O) groups excluding carboxylic acids is 2. The van der Waals surface area contributed by atoms with Gasteiger partial charge in [-0.2, -0.15) is 0 Å². The van der Waals surface area contributed by atoms with Crippen LogP contribution >= 0.6 is 0 Å². The fourth-order valence-corrected chi connectivity index (χ4v) is 4.20. The highest BCUT2D eigenvalue weighted by atomic mass is 19.2. The molecular weight excluding hydrogens is 496 g/mol. The van der Waals surface area contributed by atoms with Crippen molar-refractivity contribution >= 4 is 22.8 Å². The quantitative estimate of drug-likeness (QED) is 0.328. The van der Waals surface area contributed by atoms with Crippen LogP contribution in [-0.4, -0.2) is 28.5 Å². The molecule has 8 nitrogen and oxygen atoms in total. The van der Waals surface area contributed by atoms with Gasteiger partial charge in [0, 0.05) is 22.2 Å². The van der Waals surface area contributed by atoms with Gasteiger partial charge in [0.2, 0.25) is 17.2 Å². The van der Waals surface area contributed by atoms with Gasteiger partial charge < -0.3 is 20.2 Å². The number of aryl methyl sites for hydroxylation is 1. The molecule has 0 aliphatic carbocycles. The number of benzene rings is 2. The van der Waals surface area contributed by atoms with Crippen molar-refractivity contribution in [1.29, 1.82) is 0 Å². The minimum Gasteiger partial charge on any atom is -0.462 e. The number of amides is 1. The fourth-order valence-electron chi connectivity index (χ4n) is 4.20. The normalized spacial score (nSPS) is 11.8. The van der Waals surface area contributed by atoms with Crippen molar-refractivity contribution in [2.45, 2.75) is 33.6 Å². The maximum absolute atomic E-state index is 14.3. The number of ether oxygens (including phenoxy) is 2. The monoisotopic (exact) mass is 521 g/mol. The smallest absolute Gasteiger partial charge is 0.344 e. The van der Waals surface area contributed by atoms with Crippen LogP contribution in [-0.2, 0) is 9.53 Å². The zero-order chi connectivity index (χ0) is 27.7. The number of hydrogen-bond acceptors (Lipinski definition) is 6. The summed E-state index contributed by atoms with van der Waals surface area (Å²) in [6, 6.07) is 10.9. The third-order valence-corrected chi connectivity index (χ3v) is 6.23. The molecule has 0 radical (unpaired) electrons. The van der Waals surface area contributed by atoms with Crippen molar-refractivity contribution < 1.29 is 27.8 Å². The Bertz CT molecular complexity index is 1650. The van der Waals surface area contributed by atoms with Gasteiger partial charge in [-0.15, -0.1) is 0 Å². The Hall–Kier alpha value is -4.60. The van der Waals surface area contributed by atoms with Crippen LogP contribution in [0.25, 0.3) is 22.2 Å². The number of esters is 1. The van der Waals surface area contributed by atoms with Crippen LogP contribution in [0.3, 0.4) is 0 Å². The lowest BCUT2D eigenvalue weighted by atomic mass is 9.94. The molecule has 0 saturated carbocycles. The first-order valence-corrected chi connectivity index (χ1v) is 11.8. The number of halogens is 2. The second-order valence-corrected chi connectivity index (χ2v) is 8.71. The largest absolute Gasteiger partial charge is 0.462 e. The van der Waals surface area contributed by atoms with Crippen molar-refractivity contribution in [1.82, 2.24) is 9.97 Å². The number of nitrogens with one attached hydrogen (secondary N) is 1. The van der Waals surface area contributed by atoms with E-state index in [0.717, 1.165) is 6.07 Å². The number of nitrogens with two attached hydrogens (primary N) is 1. The number of aromatic nitrogens is 2. The molecular formula is C28H25F2N3O5. The summed E-state index contributed by atoms with van der Waals surface area (Å²) in [6.45, 7) is 5.96. The highest BCUT2D eigenvalue weighted by Crippen LogP contribution is 2.37. The Balaban J connectivity index is 2.05. The van der Waals surface area contributed by atoms with Crippen LogP contribution in [0.1, 0.15) is 46.9 Å². The third kappa shape index (κ3) is 4.72. The molecule has 1 atom stereocenters. The van der Waals surface area contributed by atoms with Crippen LogP contribution in [0.4, 0.5) is 8.78 Å². The molecule has 4 aromatic rings. The van der Waals surface area contributed by atoms with Crippen molar-refractivity contribution in [3.05, 3.63) is 86.7 Å². The minimum atomic E-state index is -1.08. The highest BCUT2D eigenvalue weighted by Gasteiger charge is 2.29. The Morgan fingerprint density at radius 1 is 1.13 bits per heavy atom. The summed E-state index contributed by atoms with van der Waals surface area (Å²) in [5.74, 6) is -4.86. The van der Waals surface area contributed by atoms with Crippen molar-refractivity contribution in [3.63, 3.8) is 0 Å². The molecule has 0 bridgehead atoms. The van der Waals surface area contributed by atoms with Crippen LogP contribution in [0.5, 0.6) is 11.6 Å². The molecule has 2 heterocycles. The number of pyridine rings is 2. The van der Waals surface area contributed by atoms with Gasteiger partial charge in [-0.05, 0) is 52.0 Å². The predicted molar refractivity (Wildman–Crippen MR) is 137 cm³/mol. The molecule has 0 aliphatic rings. The maximum Gasteiger partial charge on any atom is 0.344 e. The summed E-state index contributed by atoms with van der Waals surface area (Å²) in [6.07, 6.45) is 0. The molecule has 38 heavy (non-hydrogen) atoms. The van der Waals surface area contributed by atoms with E-state index in [1.54, 1.807) is 44.2 Å². The molecule has 0 saturated heterocycles. The molecule has 0 unspecified atom stereocenters. The van der Waals surface area contributed by atoms with E-state index in [9.17, 15) is 23.2 Å². The molecule has 1 amide bonds. The predicted octanol–water partition coefficient (Wildman–Crippen LogP) is 5.04. The number of aromatic amines is 1. The second kappa shape index (κ2) is 10.4. The van der Waals surface area contributed by atoms with Crippen molar-refractivity contribution in [2.75, 3.05) is 6.61 Å². The SMILES string of the molecule is CCOC(=O)c1c(-c2cc3ccccc3nc2Oc2ccc(F)c(F)c2C)[nH]c(C)c([C@@H](C)C(N)=O)c1=O. The average Bonchev–Trinajstić information content (AvgIpc) is 2.88. The third-order valence-electron chi connectivity index (χ3n) is 6.23. The minimum absolute atomic E-state index is 0.0105. The van der Waals surface area contributed by atoms with Gasteiger partial charge in [0.05, 0.1) is 29.3 Å². The topological polar surface area (TPSA) is 124 Å². The second-order valence-electron chi connectivity index (χ2n) is 8.71. The number of para-hydroxylation sites is 1. The molecule has 2 aromatic heterocycles. The van der Waals surface area contributed by atoms with E-state index in [4.69, 9.17) is 15.2 Å².